The molecule has 5 heteroatoms. The molecule has 1 unspecified atom stereocenters. The first-order valence-electron chi connectivity index (χ1n) is 5.25. The molecule has 0 aromatic heterocycles. The van der Waals surface area contributed by atoms with Crippen LogP contribution in [0.3, 0.4) is 0 Å². The topological polar surface area (TPSA) is 67.8 Å². The van der Waals surface area contributed by atoms with Crippen LogP contribution in [0.5, 0.6) is 11.5 Å². The molecule has 1 aromatic carbocycles. The van der Waals surface area contributed by atoms with Crippen molar-refractivity contribution in [3.8, 4) is 11.5 Å². The molecule has 0 radical (unpaired) electrons. The first-order chi connectivity index (χ1) is 8.08. The van der Waals surface area contributed by atoms with Crippen molar-refractivity contribution in [1.82, 2.24) is 5.32 Å². The quantitative estimate of drug-likeness (QED) is 0.809. The Kier molecular flexibility index (Phi) is 4.78. The number of ether oxygens (including phenoxy) is 2. The van der Waals surface area contributed by atoms with Gasteiger partial charge in [-0.25, -0.2) is 0 Å². The smallest absolute Gasteiger partial charge is 0.251 e. The second-order valence-corrected chi connectivity index (χ2v) is 3.72. The summed E-state index contributed by atoms with van der Waals surface area (Å²) in [5.74, 6) is 0.0264. The highest BCUT2D eigenvalue weighted by Gasteiger charge is 2.11. The fourth-order valence-corrected chi connectivity index (χ4v) is 1.43. The third-order valence-electron chi connectivity index (χ3n) is 2.24. The Hall–Kier alpha value is -1.75. The van der Waals surface area contributed by atoms with Crippen LogP contribution in [0, 0.1) is 0 Å². The molecule has 0 aliphatic heterocycles. The van der Waals surface area contributed by atoms with Crippen molar-refractivity contribution in [3.63, 3.8) is 0 Å². The summed E-state index contributed by atoms with van der Waals surface area (Å²) in [7, 11) is 3.03. The third kappa shape index (κ3) is 3.64. The van der Waals surface area contributed by atoms with Gasteiger partial charge in [-0.05, 0) is 25.1 Å². The third-order valence-corrected chi connectivity index (χ3v) is 2.24. The Balaban J connectivity index is 2.72. The molecular formula is C12H17NO4. The van der Waals surface area contributed by atoms with Crippen molar-refractivity contribution in [2.45, 2.75) is 13.0 Å². The van der Waals surface area contributed by atoms with Crippen molar-refractivity contribution in [3.05, 3.63) is 23.8 Å². The van der Waals surface area contributed by atoms with Gasteiger partial charge in [0.15, 0.2) is 11.5 Å². The van der Waals surface area contributed by atoms with Crippen LogP contribution in [-0.4, -0.2) is 37.9 Å². The summed E-state index contributed by atoms with van der Waals surface area (Å²) in [6, 6.07) is 4.42. The monoisotopic (exact) mass is 239 g/mol. The van der Waals surface area contributed by atoms with Crippen LogP contribution in [0.15, 0.2) is 18.2 Å². The highest BCUT2D eigenvalue weighted by molar-refractivity contribution is 5.95. The molecule has 1 atom stereocenters. The van der Waals surface area contributed by atoms with Gasteiger partial charge in [0.05, 0.1) is 13.7 Å². The number of carbonyl (C=O) groups excluding carboxylic acids is 1. The van der Waals surface area contributed by atoms with Crippen LogP contribution in [-0.2, 0) is 4.74 Å². The first kappa shape index (κ1) is 13.3. The van der Waals surface area contributed by atoms with Crippen molar-refractivity contribution in [1.29, 1.82) is 0 Å². The summed E-state index contributed by atoms with van der Waals surface area (Å²) in [6.07, 6.45) is 0. The lowest BCUT2D eigenvalue weighted by atomic mass is 10.2. The number of methoxy groups -OCH3 is 2. The molecule has 0 saturated heterocycles. The lowest BCUT2D eigenvalue weighted by molar-refractivity contribution is 0.0905. The molecule has 2 N–H and O–H groups in total. The molecule has 0 saturated carbocycles. The second-order valence-electron chi connectivity index (χ2n) is 3.72. The number of amides is 1. The summed E-state index contributed by atoms with van der Waals surface area (Å²) >= 11 is 0. The van der Waals surface area contributed by atoms with E-state index in [4.69, 9.17) is 9.47 Å². The Morgan fingerprint density at radius 3 is 2.71 bits per heavy atom. The minimum absolute atomic E-state index is 0.0560. The van der Waals surface area contributed by atoms with Gasteiger partial charge in [0, 0.05) is 18.7 Å². The number of nitrogens with one attached hydrogen (secondary N) is 1. The average molecular weight is 239 g/mol. The minimum Gasteiger partial charge on any atom is -0.504 e. The van der Waals surface area contributed by atoms with Gasteiger partial charge < -0.3 is 19.9 Å². The van der Waals surface area contributed by atoms with Gasteiger partial charge in [-0.3, -0.25) is 4.79 Å². The molecule has 1 aromatic rings. The number of phenolic OH excluding ortho intramolecular Hbond substituents is 1. The summed E-state index contributed by atoms with van der Waals surface area (Å²) < 4.78 is 9.81. The van der Waals surface area contributed by atoms with Gasteiger partial charge in [-0.2, -0.15) is 0 Å². The SMILES string of the molecule is COCC(C)NC(=O)c1ccc(OC)c(O)c1. The standard InChI is InChI=1S/C12H17NO4/c1-8(7-16-2)13-12(15)9-4-5-11(17-3)10(14)6-9/h4-6,8,14H,7H2,1-3H3,(H,13,15). The molecule has 0 aliphatic rings. The maximum absolute atomic E-state index is 11.8. The molecular weight excluding hydrogens is 222 g/mol. The molecule has 0 fully saturated rings. The summed E-state index contributed by atoms with van der Waals surface area (Å²) in [4.78, 5) is 11.8. The highest BCUT2D eigenvalue weighted by Crippen LogP contribution is 2.26. The van der Waals surface area contributed by atoms with Crippen LogP contribution < -0.4 is 10.1 Å². The molecule has 0 spiro atoms. The van der Waals surface area contributed by atoms with Gasteiger partial charge in [0.1, 0.15) is 0 Å². The molecule has 1 amide bonds. The van der Waals surface area contributed by atoms with E-state index in [9.17, 15) is 9.90 Å². The average Bonchev–Trinajstić information content (AvgIpc) is 2.29. The largest absolute Gasteiger partial charge is 0.504 e. The van der Waals surface area contributed by atoms with Gasteiger partial charge in [0.25, 0.3) is 5.91 Å². The predicted octanol–water partition coefficient (Wildman–Crippen LogP) is 1.17. The van der Waals surface area contributed by atoms with Gasteiger partial charge in [-0.15, -0.1) is 0 Å². The van der Waals surface area contributed by atoms with Gasteiger partial charge in [0.2, 0.25) is 0 Å². The molecule has 1 rings (SSSR count). The van der Waals surface area contributed by atoms with E-state index >= 15 is 0 Å². The van der Waals surface area contributed by atoms with E-state index in [0.29, 0.717) is 17.9 Å². The molecule has 17 heavy (non-hydrogen) atoms. The Morgan fingerprint density at radius 2 is 2.18 bits per heavy atom. The van der Waals surface area contributed by atoms with Crippen LogP contribution in [0.2, 0.25) is 0 Å². The van der Waals surface area contributed by atoms with Crippen LogP contribution in [0.25, 0.3) is 0 Å². The zero-order valence-electron chi connectivity index (χ0n) is 10.2. The minimum atomic E-state index is -0.257. The zero-order valence-corrected chi connectivity index (χ0v) is 10.2. The summed E-state index contributed by atoms with van der Waals surface area (Å²) in [5.41, 5.74) is 0.381. The fraction of sp³-hybridized carbons (Fsp3) is 0.417. The van der Waals surface area contributed by atoms with E-state index in [-0.39, 0.29) is 17.7 Å². The summed E-state index contributed by atoms with van der Waals surface area (Å²) in [5, 5.41) is 12.3. The number of hydrogen-bond donors (Lipinski definition) is 2. The second kappa shape index (κ2) is 6.10. The zero-order chi connectivity index (χ0) is 12.8. The lowest BCUT2D eigenvalue weighted by Crippen LogP contribution is -2.35. The number of carbonyl (C=O) groups is 1. The number of hydrogen-bond acceptors (Lipinski definition) is 4. The van der Waals surface area contributed by atoms with E-state index in [1.54, 1.807) is 19.2 Å². The normalized spacial score (nSPS) is 11.9. The Morgan fingerprint density at radius 1 is 1.47 bits per heavy atom. The maximum atomic E-state index is 11.8. The fourth-order valence-electron chi connectivity index (χ4n) is 1.43. The van der Waals surface area contributed by atoms with Gasteiger partial charge in [-0.1, -0.05) is 0 Å². The Bertz CT molecular complexity index is 392. The van der Waals surface area contributed by atoms with E-state index in [2.05, 4.69) is 5.32 Å². The molecule has 0 aliphatic carbocycles. The molecule has 0 heterocycles. The van der Waals surface area contributed by atoms with Crippen molar-refractivity contribution >= 4 is 5.91 Å². The number of phenols is 1. The molecule has 94 valence electrons. The van der Waals surface area contributed by atoms with E-state index in [1.807, 2.05) is 6.92 Å². The Labute approximate surface area is 100 Å². The predicted molar refractivity (Wildman–Crippen MR) is 63.5 cm³/mol. The molecule has 5 nitrogen and oxygen atoms in total. The van der Waals surface area contributed by atoms with Crippen LogP contribution in [0.4, 0.5) is 0 Å². The van der Waals surface area contributed by atoms with Gasteiger partial charge >= 0.3 is 0 Å². The lowest BCUT2D eigenvalue weighted by Gasteiger charge is -2.13. The summed E-state index contributed by atoms with van der Waals surface area (Å²) in [6.45, 7) is 2.28. The number of benzene rings is 1. The molecule has 0 bridgehead atoms. The van der Waals surface area contributed by atoms with Crippen LogP contribution >= 0.6 is 0 Å². The van der Waals surface area contributed by atoms with Crippen LogP contribution in [0.1, 0.15) is 17.3 Å². The maximum Gasteiger partial charge on any atom is 0.251 e. The number of rotatable bonds is 5. The van der Waals surface area contributed by atoms with Crippen molar-refractivity contribution < 1.29 is 19.4 Å². The highest BCUT2D eigenvalue weighted by atomic mass is 16.5. The van der Waals surface area contributed by atoms with E-state index in [0.717, 1.165) is 0 Å². The van der Waals surface area contributed by atoms with E-state index in [1.165, 1.54) is 13.2 Å². The number of aromatic hydroxyl groups is 1. The first-order valence-corrected chi connectivity index (χ1v) is 5.25. The van der Waals surface area contributed by atoms with E-state index < -0.39 is 0 Å². The van der Waals surface area contributed by atoms with Crippen molar-refractivity contribution in [2.75, 3.05) is 20.8 Å². The van der Waals surface area contributed by atoms with Crippen molar-refractivity contribution in [2.24, 2.45) is 0 Å².